The zero-order valence-electron chi connectivity index (χ0n) is 11.0. The number of hydrogen-bond acceptors (Lipinski definition) is 3. The highest BCUT2D eigenvalue weighted by molar-refractivity contribution is 6.09. The Hall–Kier alpha value is -2.62. The van der Waals surface area contributed by atoms with Gasteiger partial charge in [0.2, 0.25) is 0 Å². The number of esters is 1. The first-order valence-corrected chi connectivity index (χ1v) is 6.33. The number of carbonyl (C=O) groups excluding carboxylic acids is 2. The number of benzene rings is 2. The third kappa shape index (κ3) is 2.16. The van der Waals surface area contributed by atoms with E-state index < -0.39 is 0 Å². The van der Waals surface area contributed by atoms with Gasteiger partial charge in [0.25, 0.3) is 5.91 Å². The largest absolute Gasteiger partial charge is 0.427 e. The van der Waals surface area contributed by atoms with E-state index in [1.165, 1.54) is 6.92 Å². The Morgan fingerprint density at radius 3 is 2.45 bits per heavy atom. The average Bonchev–Trinajstić information content (AvgIpc) is 2.77. The molecule has 0 aromatic heterocycles. The summed E-state index contributed by atoms with van der Waals surface area (Å²) in [5.41, 5.74) is 2.57. The number of carbonyl (C=O) groups is 2. The normalized spacial score (nSPS) is 13.2. The van der Waals surface area contributed by atoms with Crippen LogP contribution in [-0.4, -0.2) is 11.9 Å². The van der Waals surface area contributed by atoms with Gasteiger partial charge in [0.1, 0.15) is 5.75 Å². The maximum absolute atomic E-state index is 12.3. The fourth-order valence-corrected chi connectivity index (χ4v) is 2.32. The van der Waals surface area contributed by atoms with Crippen LogP contribution < -0.4 is 9.64 Å². The molecule has 1 amide bonds. The summed E-state index contributed by atoms with van der Waals surface area (Å²) in [5, 5.41) is 0. The Morgan fingerprint density at radius 2 is 1.80 bits per heavy atom. The predicted molar refractivity (Wildman–Crippen MR) is 74.7 cm³/mol. The molecule has 0 bridgehead atoms. The van der Waals surface area contributed by atoms with E-state index in [0.717, 1.165) is 16.8 Å². The molecule has 4 nitrogen and oxygen atoms in total. The van der Waals surface area contributed by atoms with Crippen molar-refractivity contribution in [1.29, 1.82) is 0 Å². The summed E-state index contributed by atoms with van der Waals surface area (Å²) in [4.78, 5) is 24.9. The number of anilines is 1. The van der Waals surface area contributed by atoms with Crippen LogP contribution in [-0.2, 0) is 11.3 Å². The minimum atomic E-state index is -0.359. The fraction of sp³-hybridized carbons (Fsp3) is 0.125. The summed E-state index contributed by atoms with van der Waals surface area (Å²) >= 11 is 0. The SMILES string of the molecule is CC(=O)Oc1ccc(N2Cc3ccccc3C2=O)cc1. The smallest absolute Gasteiger partial charge is 0.308 e. The van der Waals surface area contributed by atoms with Gasteiger partial charge in [-0.1, -0.05) is 18.2 Å². The Balaban J connectivity index is 1.85. The van der Waals surface area contributed by atoms with Gasteiger partial charge in [-0.25, -0.2) is 0 Å². The van der Waals surface area contributed by atoms with Crippen LogP contribution in [0.15, 0.2) is 48.5 Å². The summed E-state index contributed by atoms with van der Waals surface area (Å²) in [6, 6.07) is 14.5. The van der Waals surface area contributed by atoms with Crippen molar-refractivity contribution in [3.05, 3.63) is 59.7 Å². The fourth-order valence-electron chi connectivity index (χ4n) is 2.32. The summed E-state index contributed by atoms with van der Waals surface area (Å²) < 4.78 is 4.98. The van der Waals surface area contributed by atoms with Gasteiger partial charge in [-0.15, -0.1) is 0 Å². The van der Waals surface area contributed by atoms with E-state index in [1.807, 2.05) is 24.3 Å². The molecular weight excluding hydrogens is 254 g/mol. The molecule has 0 fully saturated rings. The van der Waals surface area contributed by atoms with Gasteiger partial charge >= 0.3 is 5.97 Å². The van der Waals surface area contributed by atoms with Gasteiger partial charge in [0, 0.05) is 18.2 Å². The molecule has 2 aromatic rings. The molecule has 0 spiro atoms. The molecule has 0 unspecified atom stereocenters. The van der Waals surface area contributed by atoms with Gasteiger partial charge in [-0.3, -0.25) is 9.59 Å². The second-order valence-electron chi connectivity index (χ2n) is 4.64. The topological polar surface area (TPSA) is 46.6 Å². The summed E-state index contributed by atoms with van der Waals surface area (Å²) in [6.45, 7) is 1.93. The van der Waals surface area contributed by atoms with Crippen molar-refractivity contribution in [3.8, 4) is 5.75 Å². The summed E-state index contributed by atoms with van der Waals surface area (Å²) in [6.07, 6.45) is 0. The van der Waals surface area contributed by atoms with Crippen molar-refractivity contribution >= 4 is 17.6 Å². The first kappa shape index (κ1) is 12.4. The molecule has 100 valence electrons. The van der Waals surface area contributed by atoms with Crippen LogP contribution in [0.1, 0.15) is 22.8 Å². The second kappa shape index (κ2) is 4.81. The third-order valence-corrected chi connectivity index (χ3v) is 3.23. The third-order valence-electron chi connectivity index (χ3n) is 3.23. The van der Waals surface area contributed by atoms with Crippen LogP contribution in [0.5, 0.6) is 5.75 Å². The van der Waals surface area contributed by atoms with Gasteiger partial charge in [0.05, 0.1) is 6.54 Å². The molecule has 1 aliphatic rings. The summed E-state index contributed by atoms with van der Waals surface area (Å²) in [7, 11) is 0. The molecule has 1 heterocycles. The number of ether oxygens (including phenoxy) is 1. The zero-order valence-corrected chi connectivity index (χ0v) is 11.0. The van der Waals surface area contributed by atoms with Crippen LogP contribution in [0.2, 0.25) is 0 Å². The number of rotatable bonds is 2. The lowest BCUT2D eigenvalue weighted by Gasteiger charge is -2.16. The van der Waals surface area contributed by atoms with Crippen molar-refractivity contribution < 1.29 is 14.3 Å². The molecule has 2 aromatic carbocycles. The molecule has 0 atom stereocenters. The van der Waals surface area contributed by atoms with Gasteiger partial charge in [0.15, 0.2) is 0 Å². The van der Waals surface area contributed by atoms with E-state index >= 15 is 0 Å². The van der Waals surface area contributed by atoms with Crippen molar-refractivity contribution in [2.75, 3.05) is 4.90 Å². The Morgan fingerprint density at radius 1 is 1.10 bits per heavy atom. The Kier molecular flexibility index (Phi) is 2.99. The van der Waals surface area contributed by atoms with Crippen molar-refractivity contribution in [2.24, 2.45) is 0 Å². The Labute approximate surface area is 116 Å². The van der Waals surface area contributed by atoms with Crippen molar-refractivity contribution in [3.63, 3.8) is 0 Å². The van der Waals surface area contributed by atoms with Crippen LogP contribution in [0.4, 0.5) is 5.69 Å². The monoisotopic (exact) mass is 267 g/mol. The van der Waals surface area contributed by atoms with E-state index in [1.54, 1.807) is 29.2 Å². The molecule has 20 heavy (non-hydrogen) atoms. The molecule has 0 aliphatic carbocycles. The average molecular weight is 267 g/mol. The van der Waals surface area contributed by atoms with E-state index in [0.29, 0.717) is 12.3 Å². The lowest BCUT2D eigenvalue weighted by molar-refractivity contribution is -0.131. The highest BCUT2D eigenvalue weighted by atomic mass is 16.5. The lowest BCUT2D eigenvalue weighted by Crippen LogP contribution is -2.22. The molecule has 1 aliphatic heterocycles. The van der Waals surface area contributed by atoms with Crippen LogP contribution in [0.3, 0.4) is 0 Å². The van der Waals surface area contributed by atoms with Gasteiger partial charge in [-0.2, -0.15) is 0 Å². The molecule has 0 saturated carbocycles. The van der Waals surface area contributed by atoms with E-state index in [9.17, 15) is 9.59 Å². The number of hydrogen-bond donors (Lipinski definition) is 0. The van der Waals surface area contributed by atoms with Crippen molar-refractivity contribution in [2.45, 2.75) is 13.5 Å². The van der Waals surface area contributed by atoms with Gasteiger partial charge in [-0.05, 0) is 35.9 Å². The first-order valence-electron chi connectivity index (χ1n) is 6.33. The molecule has 0 saturated heterocycles. The molecule has 4 heteroatoms. The van der Waals surface area contributed by atoms with Crippen LogP contribution in [0, 0.1) is 0 Å². The lowest BCUT2D eigenvalue weighted by atomic mass is 10.1. The summed E-state index contributed by atoms with van der Waals surface area (Å²) in [5.74, 6) is 0.119. The van der Waals surface area contributed by atoms with E-state index in [2.05, 4.69) is 0 Å². The minimum Gasteiger partial charge on any atom is -0.427 e. The number of nitrogens with zero attached hydrogens (tertiary/aromatic N) is 1. The highest BCUT2D eigenvalue weighted by Gasteiger charge is 2.27. The zero-order chi connectivity index (χ0) is 14.1. The maximum Gasteiger partial charge on any atom is 0.308 e. The molecule has 0 radical (unpaired) electrons. The van der Waals surface area contributed by atoms with E-state index in [4.69, 9.17) is 4.74 Å². The highest BCUT2D eigenvalue weighted by Crippen LogP contribution is 2.29. The standard InChI is InChI=1S/C16H13NO3/c1-11(18)20-14-8-6-13(7-9-14)17-10-12-4-2-3-5-15(12)16(17)19/h2-9H,10H2,1H3. The quantitative estimate of drug-likeness (QED) is 0.621. The molecule has 3 rings (SSSR count). The second-order valence-corrected chi connectivity index (χ2v) is 4.64. The van der Waals surface area contributed by atoms with Gasteiger partial charge < -0.3 is 9.64 Å². The van der Waals surface area contributed by atoms with Crippen LogP contribution >= 0.6 is 0 Å². The van der Waals surface area contributed by atoms with E-state index in [-0.39, 0.29) is 11.9 Å². The minimum absolute atomic E-state index is 0.000774. The molecular formula is C16H13NO3. The number of fused-ring (bicyclic) bond motifs is 1. The van der Waals surface area contributed by atoms with Crippen LogP contribution in [0.25, 0.3) is 0 Å². The number of amides is 1. The van der Waals surface area contributed by atoms with Crippen molar-refractivity contribution in [1.82, 2.24) is 0 Å². The first-order chi connectivity index (χ1) is 9.65. The molecule has 0 N–H and O–H groups in total. The maximum atomic E-state index is 12.3. The Bertz CT molecular complexity index is 676. The predicted octanol–water partition coefficient (Wildman–Crippen LogP) is 2.77.